The second kappa shape index (κ2) is 17.3. The zero-order valence-electron chi connectivity index (χ0n) is 22.4. The fraction of sp³-hybridized carbons (Fsp3) is 0.840. The molecule has 208 valence electrons. The Kier molecular flexibility index (Phi) is 15.2. The third-order valence-electron chi connectivity index (χ3n) is 6.87. The molecule has 0 spiro atoms. The number of hydrogen-bond donors (Lipinski definition) is 7. The minimum absolute atomic E-state index is 0.0615. The van der Waals surface area contributed by atoms with Crippen molar-refractivity contribution < 1.29 is 24.3 Å². The first kappa shape index (κ1) is 31.8. The number of likely N-dealkylation sites (N-methyl/N-ethyl adjacent to an activating group) is 1. The minimum Gasteiger partial charge on any atom is -0.394 e. The van der Waals surface area contributed by atoms with Crippen molar-refractivity contribution in [3.8, 4) is 0 Å². The Hall–Kier alpha value is -2.24. The van der Waals surface area contributed by atoms with Crippen LogP contribution in [-0.4, -0.2) is 79.1 Å². The summed E-state index contributed by atoms with van der Waals surface area (Å²) in [5, 5.41) is 23.9. The van der Waals surface area contributed by atoms with Gasteiger partial charge in [0.1, 0.15) is 18.1 Å². The van der Waals surface area contributed by atoms with E-state index in [1.165, 1.54) is 0 Å². The molecule has 11 heteroatoms. The maximum atomic E-state index is 13.3. The molecule has 1 aliphatic heterocycles. The average molecular weight is 513 g/mol. The monoisotopic (exact) mass is 512 g/mol. The van der Waals surface area contributed by atoms with Gasteiger partial charge in [0, 0.05) is 6.04 Å². The number of nitrogens with one attached hydrogen (secondary N) is 5. The van der Waals surface area contributed by atoms with Crippen molar-refractivity contribution in [1.29, 1.82) is 0 Å². The number of amides is 4. The molecule has 36 heavy (non-hydrogen) atoms. The number of carbonyl (C=O) groups excluding carboxylic acids is 4. The van der Waals surface area contributed by atoms with Gasteiger partial charge in [-0.1, -0.05) is 39.5 Å². The van der Waals surface area contributed by atoms with Crippen molar-refractivity contribution in [2.75, 3.05) is 20.2 Å². The lowest BCUT2D eigenvalue weighted by Gasteiger charge is -2.29. The van der Waals surface area contributed by atoms with E-state index in [2.05, 4.69) is 26.6 Å². The van der Waals surface area contributed by atoms with Crippen molar-refractivity contribution in [2.24, 2.45) is 11.7 Å². The second-order valence-electron chi connectivity index (χ2n) is 9.85. The molecule has 11 nitrogen and oxygen atoms in total. The summed E-state index contributed by atoms with van der Waals surface area (Å²) in [6, 6.07) is -3.46. The quantitative estimate of drug-likeness (QED) is 0.218. The van der Waals surface area contributed by atoms with E-state index in [1.807, 2.05) is 20.8 Å². The smallest absolute Gasteiger partial charge is 0.245 e. The highest BCUT2D eigenvalue weighted by atomic mass is 16.3. The molecule has 1 rings (SSSR count). The summed E-state index contributed by atoms with van der Waals surface area (Å²) in [5.74, 6) is -1.88. The molecule has 1 heterocycles. The van der Waals surface area contributed by atoms with Gasteiger partial charge < -0.3 is 37.4 Å². The largest absolute Gasteiger partial charge is 0.394 e. The van der Waals surface area contributed by atoms with E-state index in [0.29, 0.717) is 38.6 Å². The Balaban J connectivity index is 3.20. The van der Waals surface area contributed by atoms with Crippen molar-refractivity contribution in [3.63, 3.8) is 0 Å². The molecule has 0 bridgehead atoms. The Morgan fingerprint density at radius 1 is 0.917 bits per heavy atom. The summed E-state index contributed by atoms with van der Waals surface area (Å²) in [6.07, 6.45) is 6.16. The van der Waals surface area contributed by atoms with Crippen molar-refractivity contribution in [3.05, 3.63) is 0 Å². The average Bonchev–Trinajstić information content (AvgIpc) is 2.85. The van der Waals surface area contributed by atoms with E-state index in [0.717, 1.165) is 25.7 Å². The van der Waals surface area contributed by atoms with Crippen molar-refractivity contribution in [2.45, 2.75) is 109 Å². The van der Waals surface area contributed by atoms with Gasteiger partial charge in [0.05, 0.1) is 12.6 Å². The van der Waals surface area contributed by atoms with Gasteiger partial charge in [-0.2, -0.15) is 0 Å². The predicted octanol–water partition coefficient (Wildman–Crippen LogP) is -0.335. The van der Waals surface area contributed by atoms with Crippen LogP contribution in [0.5, 0.6) is 0 Å². The number of aliphatic hydroxyl groups is 1. The Labute approximate surface area is 215 Å². The third kappa shape index (κ3) is 10.8. The SMILES string of the molecule is CCC(C)C1NC(=O)C(CCCCN)NC(=O)C(CO)NC(=O)C(NC)CCCCCC(C)NC1=O. The maximum Gasteiger partial charge on any atom is 0.245 e. The molecule has 0 aliphatic carbocycles. The van der Waals surface area contributed by atoms with Crippen LogP contribution in [0.15, 0.2) is 0 Å². The van der Waals surface area contributed by atoms with Gasteiger partial charge >= 0.3 is 0 Å². The van der Waals surface area contributed by atoms with Crippen molar-refractivity contribution >= 4 is 23.6 Å². The number of nitrogens with two attached hydrogens (primary N) is 1. The zero-order valence-corrected chi connectivity index (χ0v) is 22.4. The Morgan fingerprint density at radius 2 is 1.56 bits per heavy atom. The normalized spacial score (nSPS) is 28.7. The van der Waals surface area contributed by atoms with Crippen LogP contribution in [0.25, 0.3) is 0 Å². The van der Waals surface area contributed by atoms with Crippen molar-refractivity contribution in [1.82, 2.24) is 26.6 Å². The van der Waals surface area contributed by atoms with Gasteiger partial charge in [-0.25, -0.2) is 0 Å². The first-order valence-electron chi connectivity index (χ1n) is 13.4. The molecule has 0 radical (unpaired) electrons. The second-order valence-corrected chi connectivity index (χ2v) is 9.85. The number of aliphatic hydroxyl groups excluding tert-OH is 1. The molecule has 1 fully saturated rings. The van der Waals surface area contributed by atoms with E-state index >= 15 is 0 Å². The summed E-state index contributed by atoms with van der Waals surface area (Å²) in [5.41, 5.74) is 5.60. The molecule has 0 saturated carbocycles. The van der Waals surface area contributed by atoms with E-state index in [4.69, 9.17) is 5.73 Å². The summed E-state index contributed by atoms with van der Waals surface area (Å²) in [4.78, 5) is 52.1. The summed E-state index contributed by atoms with van der Waals surface area (Å²) >= 11 is 0. The molecule has 0 aromatic heterocycles. The third-order valence-corrected chi connectivity index (χ3v) is 6.87. The molecule has 6 atom stereocenters. The lowest BCUT2D eigenvalue weighted by molar-refractivity contribution is -0.135. The van der Waals surface area contributed by atoms with Gasteiger partial charge in [0.15, 0.2) is 0 Å². The molecular formula is C25H48N6O5. The summed E-state index contributed by atoms with van der Waals surface area (Å²) < 4.78 is 0. The molecule has 0 aromatic carbocycles. The number of rotatable bonds is 8. The topological polar surface area (TPSA) is 175 Å². The fourth-order valence-electron chi connectivity index (χ4n) is 4.24. The van der Waals surface area contributed by atoms with Crippen LogP contribution in [0.2, 0.25) is 0 Å². The van der Waals surface area contributed by atoms with Gasteiger partial charge in [0.2, 0.25) is 23.6 Å². The number of unbranched alkanes of at least 4 members (excludes halogenated alkanes) is 1. The first-order chi connectivity index (χ1) is 17.2. The van der Waals surface area contributed by atoms with Crippen LogP contribution in [0.1, 0.15) is 78.6 Å². The van der Waals surface area contributed by atoms with Crippen LogP contribution >= 0.6 is 0 Å². The molecule has 6 unspecified atom stereocenters. The highest BCUT2D eigenvalue weighted by molar-refractivity contribution is 5.95. The molecule has 1 saturated heterocycles. The van der Waals surface area contributed by atoms with Gasteiger partial charge in [-0.05, 0) is 58.5 Å². The predicted molar refractivity (Wildman–Crippen MR) is 139 cm³/mol. The van der Waals surface area contributed by atoms with Crippen LogP contribution in [0.3, 0.4) is 0 Å². The Bertz CT molecular complexity index is 706. The van der Waals surface area contributed by atoms with E-state index < -0.39 is 42.6 Å². The van der Waals surface area contributed by atoms with Crippen LogP contribution < -0.4 is 32.3 Å². The van der Waals surface area contributed by atoms with Gasteiger partial charge in [-0.3, -0.25) is 19.2 Å². The lowest BCUT2D eigenvalue weighted by atomic mass is 9.96. The molecule has 0 aromatic rings. The van der Waals surface area contributed by atoms with Crippen LogP contribution in [-0.2, 0) is 19.2 Å². The van der Waals surface area contributed by atoms with E-state index in [9.17, 15) is 24.3 Å². The number of carbonyl (C=O) groups is 4. The lowest BCUT2D eigenvalue weighted by Crippen LogP contribution is -2.59. The molecule has 1 aliphatic rings. The number of hydrogen-bond acceptors (Lipinski definition) is 7. The summed E-state index contributed by atoms with van der Waals surface area (Å²) in [7, 11) is 1.67. The summed E-state index contributed by atoms with van der Waals surface area (Å²) in [6.45, 7) is 5.63. The molecule has 4 amide bonds. The maximum absolute atomic E-state index is 13.3. The zero-order chi connectivity index (χ0) is 27.1. The fourth-order valence-corrected chi connectivity index (χ4v) is 4.24. The highest BCUT2D eigenvalue weighted by Gasteiger charge is 2.32. The van der Waals surface area contributed by atoms with E-state index in [1.54, 1.807) is 7.05 Å². The van der Waals surface area contributed by atoms with Gasteiger partial charge in [0.25, 0.3) is 0 Å². The van der Waals surface area contributed by atoms with Gasteiger partial charge in [-0.15, -0.1) is 0 Å². The first-order valence-corrected chi connectivity index (χ1v) is 13.4. The highest BCUT2D eigenvalue weighted by Crippen LogP contribution is 2.13. The molecule has 8 N–H and O–H groups in total. The minimum atomic E-state index is -1.20. The van der Waals surface area contributed by atoms with Crippen LogP contribution in [0, 0.1) is 5.92 Å². The standard InChI is InChI=1S/C25H48N6O5/c1-5-16(2)21-25(36)28-17(3)11-7-6-8-12-18(27-4)22(33)30-20(15-32)24(35)29-19(23(34)31-21)13-9-10-14-26/h16-21,27,32H,5-15,26H2,1-4H3,(H,28,36)(H,29,35)(H,30,33)(H,31,34). The van der Waals surface area contributed by atoms with E-state index in [-0.39, 0.29) is 23.8 Å². The van der Waals surface area contributed by atoms with Crippen LogP contribution in [0.4, 0.5) is 0 Å². The Morgan fingerprint density at radius 3 is 2.17 bits per heavy atom. The molecular weight excluding hydrogens is 464 g/mol.